The summed E-state index contributed by atoms with van der Waals surface area (Å²) >= 11 is 0. The van der Waals surface area contributed by atoms with Gasteiger partial charge in [-0.2, -0.15) is 0 Å². The van der Waals surface area contributed by atoms with E-state index in [2.05, 4.69) is 13.8 Å². The summed E-state index contributed by atoms with van der Waals surface area (Å²) in [7, 11) is 0. The summed E-state index contributed by atoms with van der Waals surface area (Å²) in [5.74, 6) is -2.28. The lowest BCUT2D eigenvalue weighted by molar-refractivity contribution is -0.165. The van der Waals surface area contributed by atoms with Crippen LogP contribution in [0.15, 0.2) is 0 Å². The predicted octanol–water partition coefficient (Wildman–Crippen LogP) is 10.5. The maximum Gasteiger partial charge on any atom is 0.178 e. The molecular formula is C50H96O10. The zero-order valence-electron chi connectivity index (χ0n) is 39.3. The normalized spacial score (nSPS) is 14.4. The number of unbranched alkanes of at least 4 members (excludes halogenated alkanes) is 28. The van der Waals surface area contributed by atoms with Gasteiger partial charge in [-0.1, -0.05) is 207 Å². The molecule has 0 bridgehead atoms. The van der Waals surface area contributed by atoms with E-state index in [4.69, 9.17) is 5.11 Å². The van der Waals surface area contributed by atoms with Crippen LogP contribution in [0.1, 0.15) is 259 Å². The largest absolute Gasteiger partial charge is 0.393 e. The van der Waals surface area contributed by atoms with Crippen LogP contribution in [0.5, 0.6) is 0 Å². The molecule has 4 unspecified atom stereocenters. The molecule has 0 aliphatic carbocycles. The lowest BCUT2D eigenvalue weighted by Gasteiger charge is -2.28. The summed E-state index contributed by atoms with van der Waals surface area (Å²) in [5.41, 5.74) is -2.34. The highest BCUT2D eigenvalue weighted by Crippen LogP contribution is 2.19. The van der Waals surface area contributed by atoms with Gasteiger partial charge in [0.05, 0.1) is 6.61 Å². The summed E-state index contributed by atoms with van der Waals surface area (Å²) in [6, 6.07) is 0. The summed E-state index contributed by atoms with van der Waals surface area (Å²) in [5, 5.41) is 59.0. The molecule has 0 heterocycles. The molecule has 0 aromatic heterocycles. The molecule has 356 valence electrons. The number of aliphatic hydroxyl groups excluding tert-OH is 5. The third-order valence-corrected chi connectivity index (χ3v) is 11.8. The first-order valence-corrected chi connectivity index (χ1v) is 25.1. The number of carbonyl (C=O) groups excluding carboxylic acids is 4. The summed E-state index contributed by atoms with van der Waals surface area (Å²) in [4.78, 5) is 47.5. The van der Waals surface area contributed by atoms with E-state index >= 15 is 0 Å². The van der Waals surface area contributed by atoms with Crippen molar-refractivity contribution in [3.05, 3.63) is 0 Å². The molecule has 0 spiro atoms. The van der Waals surface area contributed by atoms with E-state index in [1.165, 1.54) is 154 Å². The molecule has 0 aromatic carbocycles. The maximum absolute atomic E-state index is 12.3. The average Bonchev–Trinajstić information content (AvgIpc) is 3.25. The summed E-state index contributed by atoms with van der Waals surface area (Å²) in [6.45, 7) is 7.06. The van der Waals surface area contributed by atoms with Crippen molar-refractivity contribution in [2.24, 2.45) is 0 Å². The lowest BCUT2D eigenvalue weighted by Crippen LogP contribution is -2.55. The Morgan fingerprint density at radius 2 is 0.633 bits per heavy atom. The lowest BCUT2D eigenvalue weighted by atomic mass is 9.86. The van der Waals surface area contributed by atoms with Crippen LogP contribution in [0.4, 0.5) is 0 Å². The number of ketones is 4. The fraction of sp³-hybridized carbons (Fsp3) is 0.920. The molecule has 0 saturated carbocycles. The number of carbonyl (C=O) groups is 4. The SMILES string of the molecule is CCCC(=O)C(O)C(O)(CO)C(=O)CCC.CCCCCCCCCCCCCCCCCC(=O)C(O)C(O)C(O)C(=O)CCCCCCCCCCCCCCCCC. The minimum absolute atomic E-state index is 0.0214. The smallest absolute Gasteiger partial charge is 0.178 e. The van der Waals surface area contributed by atoms with Crippen molar-refractivity contribution >= 4 is 23.1 Å². The molecule has 0 saturated heterocycles. The van der Waals surface area contributed by atoms with Gasteiger partial charge in [0.25, 0.3) is 0 Å². The Morgan fingerprint density at radius 1 is 0.367 bits per heavy atom. The number of rotatable bonds is 44. The highest BCUT2D eigenvalue weighted by molar-refractivity contribution is 5.96. The Kier molecular flexibility index (Phi) is 43.1. The molecule has 10 heteroatoms. The van der Waals surface area contributed by atoms with Gasteiger partial charge >= 0.3 is 0 Å². The van der Waals surface area contributed by atoms with Crippen molar-refractivity contribution in [2.75, 3.05) is 6.61 Å². The Morgan fingerprint density at radius 3 is 0.883 bits per heavy atom. The number of hydrogen-bond acceptors (Lipinski definition) is 10. The molecule has 0 amide bonds. The van der Waals surface area contributed by atoms with E-state index in [1.807, 2.05) is 0 Å². The summed E-state index contributed by atoms with van der Waals surface area (Å²) in [6.07, 6.45) is 31.7. The van der Waals surface area contributed by atoms with Crippen LogP contribution in [-0.2, 0) is 19.2 Å². The van der Waals surface area contributed by atoms with Gasteiger partial charge in [0, 0.05) is 25.7 Å². The van der Waals surface area contributed by atoms with Crippen molar-refractivity contribution in [3.8, 4) is 0 Å². The fourth-order valence-corrected chi connectivity index (χ4v) is 7.61. The van der Waals surface area contributed by atoms with Crippen molar-refractivity contribution in [2.45, 2.75) is 289 Å². The monoisotopic (exact) mass is 857 g/mol. The molecule has 4 atom stereocenters. The number of aliphatic hydroxyl groups is 6. The van der Waals surface area contributed by atoms with Crippen LogP contribution in [-0.4, -0.2) is 90.4 Å². The maximum atomic E-state index is 12.3. The van der Waals surface area contributed by atoms with Crippen molar-refractivity contribution < 1.29 is 49.8 Å². The van der Waals surface area contributed by atoms with Gasteiger partial charge in [-0.05, 0) is 25.7 Å². The third-order valence-electron chi connectivity index (χ3n) is 11.8. The molecule has 0 aromatic rings. The van der Waals surface area contributed by atoms with E-state index in [1.54, 1.807) is 13.8 Å². The van der Waals surface area contributed by atoms with Gasteiger partial charge in [0.2, 0.25) is 0 Å². The average molecular weight is 857 g/mol. The van der Waals surface area contributed by atoms with Gasteiger partial charge in [-0.25, -0.2) is 0 Å². The zero-order valence-corrected chi connectivity index (χ0v) is 39.3. The fourth-order valence-electron chi connectivity index (χ4n) is 7.61. The first-order valence-electron chi connectivity index (χ1n) is 25.1. The molecule has 0 rings (SSSR count). The molecule has 0 aliphatic heterocycles. The molecule has 10 nitrogen and oxygen atoms in total. The van der Waals surface area contributed by atoms with E-state index in [9.17, 15) is 44.7 Å². The van der Waals surface area contributed by atoms with Crippen LogP contribution in [0.25, 0.3) is 0 Å². The van der Waals surface area contributed by atoms with E-state index in [0.29, 0.717) is 25.7 Å². The molecular weight excluding hydrogens is 761 g/mol. The van der Waals surface area contributed by atoms with Gasteiger partial charge < -0.3 is 30.6 Å². The van der Waals surface area contributed by atoms with Gasteiger partial charge in [0.1, 0.15) is 18.3 Å². The highest BCUT2D eigenvalue weighted by atomic mass is 16.4. The van der Waals surface area contributed by atoms with E-state index in [-0.39, 0.29) is 25.7 Å². The van der Waals surface area contributed by atoms with Crippen LogP contribution < -0.4 is 0 Å². The highest BCUT2D eigenvalue weighted by Gasteiger charge is 2.45. The Hall–Kier alpha value is -1.56. The number of hydrogen-bond donors (Lipinski definition) is 6. The topological polar surface area (TPSA) is 190 Å². The van der Waals surface area contributed by atoms with Crippen LogP contribution in [0.3, 0.4) is 0 Å². The third kappa shape index (κ3) is 32.2. The van der Waals surface area contributed by atoms with Gasteiger partial charge in [0.15, 0.2) is 34.8 Å². The number of Topliss-reactive ketones (excluding diaryl/α,β-unsaturated/α-hetero) is 4. The first kappa shape index (κ1) is 60.5. The zero-order chi connectivity index (χ0) is 45.3. The van der Waals surface area contributed by atoms with Crippen LogP contribution in [0, 0.1) is 0 Å². The Bertz CT molecular complexity index is 967. The minimum Gasteiger partial charge on any atom is -0.393 e. The van der Waals surface area contributed by atoms with Crippen molar-refractivity contribution in [1.29, 1.82) is 0 Å². The van der Waals surface area contributed by atoms with Gasteiger partial charge in [-0.15, -0.1) is 0 Å². The Labute approximate surface area is 367 Å². The van der Waals surface area contributed by atoms with E-state index in [0.717, 1.165) is 25.7 Å². The minimum atomic E-state index is -2.34. The second kappa shape index (κ2) is 42.7. The van der Waals surface area contributed by atoms with E-state index < -0.39 is 59.8 Å². The predicted molar refractivity (Wildman–Crippen MR) is 245 cm³/mol. The second-order valence-electron chi connectivity index (χ2n) is 17.6. The molecule has 60 heavy (non-hydrogen) atoms. The molecule has 0 radical (unpaired) electrons. The molecule has 0 aliphatic rings. The first-order chi connectivity index (χ1) is 28.9. The second-order valence-corrected chi connectivity index (χ2v) is 17.6. The van der Waals surface area contributed by atoms with Crippen LogP contribution in [0.2, 0.25) is 0 Å². The van der Waals surface area contributed by atoms with Crippen molar-refractivity contribution in [3.63, 3.8) is 0 Å². The van der Waals surface area contributed by atoms with Gasteiger partial charge in [-0.3, -0.25) is 19.2 Å². The van der Waals surface area contributed by atoms with Crippen LogP contribution >= 0.6 is 0 Å². The Balaban J connectivity index is 0. The summed E-state index contributed by atoms with van der Waals surface area (Å²) < 4.78 is 0. The molecule has 0 fully saturated rings. The molecule has 6 N–H and O–H groups in total. The standard InChI is InChI=1S/C39H76O5.C11H20O5/c1-3-5-7-9-11-13-15-17-19-21-23-25-27-29-31-33-35(40)37(42)39(44)38(43)36(41)34-32-30-28-26-24-22-20-18-16-14-12-10-8-6-4-2;1-3-5-8(13)10(15)11(16,7-12)9(14)6-4-2/h37-39,42-44H,3-34H2,1-2H3;10,12,15-16H,3-7H2,1-2H3. The quantitative estimate of drug-likeness (QED) is 0.0322. The van der Waals surface area contributed by atoms with Crippen molar-refractivity contribution in [1.82, 2.24) is 0 Å².